The molecule has 7 heteroatoms. The summed E-state index contributed by atoms with van der Waals surface area (Å²) in [6.45, 7) is 5.13. The number of hydrogen-bond acceptors (Lipinski definition) is 4. The number of carbonyl (C=O) groups excluding carboxylic acids is 2. The number of fused-ring (bicyclic) bond motifs is 2. The van der Waals surface area contributed by atoms with Crippen LogP contribution in [0, 0.1) is 0 Å². The predicted octanol–water partition coefficient (Wildman–Crippen LogP) is 1.97. The van der Waals surface area contributed by atoms with E-state index in [1.54, 1.807) is 45.0 Å². The summed E-state index contributed by atoms with van der Waals surface area (Å²) in [6, 6.07) is 6.07. The maximum Gasteiger partial charge on any atom is 0.411 e. The van der Waals surface area contributed by atoms with Crippen molar-refractivity contribution in [1.82, 2.24) is 4.90 Å². The van der Waals surface area contributed by atoms with Crippen molar-refractivity contribution in [2.75, 3.05) is 11.9 Å². The van der Waals surface area contributed by atoms with Gasteiger partial charge >= 0.3 is 12.1 Å². The summed E-state index contributed by atoms with van der Waals surface area (Å²) < 4.78 is 5.32. The second-order valence-corrected chi connectivity index (χ2v) is 7.25. The highest BCUT2D eigenvalue weighted by Crippen LogP contribution is 2.46. The van der Waals surface area contributed by atoms with Crippen LogP contribution in [0.25, 0.3) is 0 Å². The van der Waals surface area contributed by atoms with Gasteiger partial charge in [0.05, 0.1) is 5.41 Å². The zero-order valence-electron chi connectivity index (χ0n) is 13.8. The Morgan fingerprint density at radius 1 is 1.33 bits per heavy atom. The third-order valence-corrected chi connectivity index (χ3v) is 4.40. The standard InChI is InChI=1S/C17H20N2O5/c1-16(2,3)24-15(23)19-9-17(8-12(19)13(20)21)10-6-4-5-7-11(10)18-14(17)22/h4-7,12H,8-9H2,1-3H3,(H,18,22)(H,20,21)/t12-,17+/m0/s1. The Morgan fingerprint density at radius 2 is 2.00 bits per heavy atom. The molecule has 2 N–H and O–H groups in total. The van der Waals surface area contributed by atoms with Crippen LogP contribution >= 0.6 is 0 Å². The Bertz CT molecular complexity index is 724. The van der Waals surface area contributed by atoms with Gasteiger partial charge in [0.15, 0.2) is 0 Å². The SMILES string of the molecule is CC(C)(C)OC(=O)N1C[C@@]2(C[C@H]1C(=O)O)C(=O)Nc1ccccc12. The quantitative estimate of drug-likeness (QED) is 0.820. The van der Waals surface area contributed by atoms with E-state index in [0.29, 0.717) is 5.69 Å². The predicted molar refractivity (Wildman–Crippen MR) is 85.7 cm³/mol. The zero-order valence-corrected chi connectivity index (χ0v) is 13.8. The molecule has 24 heavy (non-hydrogen) atoms. The lowest BCUT2D eigenvalue weighted by molar-refractivity contribution is -0.142. The average Bonchev–Trinajstić information content (AvgIpc) is 2.99. The van der Waals surface area contributed by atoms with E-state index >= 15 is 0 Å². The number of hydrogen-bond donors (Lipinski definition) is 2. The Hall–Kier alpha value is -2.57. The molecular formula is C17H20N2O5. The first-order valence-electron chi connectivity index (χ1n) is 7.77. The molecule has 1 saturated heterocycles. The summed E-state index contributed by atoms with van der Waals surface area (Å²) in [5, 5.41) is 12.3. The first kappa shape index (κ1) is 16.3. The molecule has 0 aliphatic carbocycles. The van der Waals surface area contributed by atoms with Crippen molar-refractivity contribution in [2.24, 2.45) is 0 Å². The van der Waals surface area contributed by atoms with Gasteiger partial charge in [0.25, 0.3) is 0 Å². The number of nitrogens with one attached hydrogen (secondary N) is 1. The molecule has 0 aromatic heterocycles. The van der Waals surface area contributed by atoms with Crippen LogP contribution in [0.3, 0.4) is 0 Å². The average molecular weight is 332 g/mol. The van der Waals surface area contributed by atoms with Gasteiger partial charge in [-0.15, -0.1) is 0 Å². The summed E-state index contributed by atoms with van der Waals surface area (Å²) in [6.07, 6.45) is -0.686. The summed E-state index contributed by atoms with van der Waals surface area (Å²) in [4.78, 5) is 37.8. The second-order valence-electron chi connectivity index (χ2n) is 7.25. The number of nitrogens with zero attached hydrogens (tertiary/aromatic N) is 1. The minimum absolute atomic E-state index is 0.0122. The van der Waals surface area contributed by atoms with Crippen LogP contribution in [0.2, 0.25) is 0 Å². The van der Waals surface area contributed by atoms with Crippen LogP contribution in [0.4, 0.5) is 10.5 Å². The number of amides is 2. The van der Waals surface area contributed by atoms with Gasteiger partial charge in [-0.3, -0.25) is 9.69 Å². The molecule has 2 aliphatic rings. The molecule has 2 atom stereocenters. The molecule has 128 valence electrons. The minimum Gasteiger partial charge on any atom is -0.480 e. The molecule has 3 rings (SSSR count). The van der Waals surface area contributed by atoms with Crippen LogP contribution in [-0.2, 0) is 19.7 Å². The van der Waals surface area contributed by atoms with E-state index in [1.165, 1.54) is 0 Å². The topological polar surface area (TPSA) is 95.9 Å². The van der Waals surface area contributed by atoms with E-state index in [9.17, 15) is 19.5 Å². The summed E-state index contributed by atoms with van der Waals surface area (Å²) in [5.74, 6) is -1.42. The van der Waals surface area contributed by atoms with Crippen molar-refractivity contribution in [3.8, 4) is 0 Å². The van der Waals surface area contributed by atoms with Crippen molar-refractivity contribution in [3.05, 3.63) is 29.8 Å². The highest BCUT2D eigenvalue weighted by Gasteiger charge is 2.58. The zero-order chi connectivity index (χ0) is 17.7. The first-order valence-corrected chi connectivity index (χ1v) is 7.77. The molecule has 2 amide bonds. The van der Waals surface area contributed by atoms with Crippen LogP contribution < -0.4 is 5.32 Å². The Balaban J connectivity index is 1.98. The normalized spacial score (nSPS) is 25.5. The lowest BCUT2D eigenvalue weighted by atomic mass is 9.79. The molecule has 0 saturated carbocycles. The van der Waals surface area contributed by atoms with Crippen LogP contribution in [0.5, 0.6) is 0 Å². The van der Waals surface area contributed by atoms with Gasteiger partial charge < -0.3 is 15.2 Å². The van der Waals surface area contributed by atoms with E-state index < -0.39 is 29.1 Å². The number of benzene rings is 1. The van der Waals surface area contributed by atoms with Gasteiger partial charge in [0.2, 0.25) is 5.91 Å². The molecule has 2 aliphatic heterocycles. The third kappa shape index (κ3) is 2.50. The Labute approximate surface area is 139 Å². The van der Waals surface area contributed by atoms with Crippen molar-refractivity contribution in [2.45, 2.75) is 44.2 Å². The highest BCUT2D eigenvalue weighted by atomic mass is 16.6. The van der Waals surface area contributed by atoms with Gasteiger partial charge in [-0.2, -0.15) is 0 Å². The molecular weight excluding hydrogens is 312 g/mol. The minimum atomic E-state index is -1.14. The van der Waals surface area contributed by atoms with Crippen molar-refractivity contribution < 1.29 is 24.2 Å². The highest BCUT2D eigenvalue weighted by molar-refractivity contribution is 6.07. The summed E-state index contributed by atoms with van der Waals surface area (Å²) in [5.41, 5.74) is -0.396. The largest absolute Gasteiger partial charge is 0.480 e. The number of carboxylic acids is 1. The molecule has 1 spiro atoms. The van der Waals surface area contributed by atoms with Gasteiger partial charge in [-0.1, -0.05) is 18.2 Å². The van der Waals surface area contributed by atoms with Crippen LogP contribution in [0.15, 0.2) is 24.3 Å². The van der Waals surface area contributed by atoms with Gasteiger partial charge in [-0.05, 0) is 38.8 Å². The third-order valence-electron chi connectivity index (χ3n) is 4.40. The lowest BCUT2D eigenvalue weighted by Gasteiger charge is -2.27. The number of carbonyl (C=O) groups is 3. The molecule has 0 bridgehead atoms. The van der Waals surface area contributed by atoms with Gasteiger partial charge in [0.1, 0.15) is 11.6 Å². The van der Waals surface area contributed by atoms with E-state index in [0.717, 1.165) is 10.5 Å². The Kier molecular flexibility index (Phi) is 3.55. The smallest absolute Gasteiger partial charge is 0.411 e. The number of anilines is 1. The number of para-hydroxylation sites is 1. The fraction of sp³-hybridized carbons (Fsp3) is 0.471. The molecule has 2 heterocycles. The Morgan fingerprint density at radius 3 is 2.62 bits per heavy atom. The van der Waals surface area contributed by atoms with E-state index in [2.05, 4.69) is 5.32 Å². The molecule has 1 aromatic rings. The van der Waals surface area contributed by atoms with E-state index in [-0.39, 0.29) is 18.9 Å². The number of rotatable bonds is 1. The van der Waals surface area contributed by atoms with Crippen molar-refractivity contribution >= 4 is 23.7 Å². The molecule has 0 radical (unpaired) electrons. The maximum atomic E-state index is 12.6. The number of likely N-dealkylation sites (tertiary alicyclic amines) is 1. The first-order chi connectivity index (χ1) is 11.1. The van der Waals surface area contributed by atoms with Gasteiger partial charge in [-0.25, -0.2) is 9.59 Å². The van der Waals surface area contributed by atoms with Crippen LogP contribution in [-0.4, -0.2) is 46.2 Å². The summed E-state index contributed by atoms with van der Waals surface area (Å²) in [7, 11) is 0. The number of ether oxygens (including phenoxy) is 1. The number of aliphatic carboxylic acids is 1. The van der Waals surface area contributed by atoms with Crippen molar-refractivity contribution in [3.63, 3.8) is 0 Å². The van der Waals surface area contributed by atoms with E-state index in [4.69, 9.17) is 4.74 Å². The maximum absolute atomic E-state index is 12.6. The lowest BCUT2D eigenvalue weighted by Crippen LogP contribution is -2.44. The fourth-order valence-corrected chi connectivity index (χ4v) is 3.37. The molecule has 7 nitrogen and oxygen atoms in total. The fourth-order valence-electron chi connectivity index (χ4n) is 3.37. The van der Waals surface area contributed by atoms with Crippen molar-refractivity contribution in [1.29, 1.82) is 0 Å². The van der Waals surface area contributed by atoms with Crippen LogP contribution in [0.1, 0.15) is 32.8 Å². The summed E-state index contributed by atoms with van der Waals surface area (Å²) >= 11 is 0. The molecule has 1 aromatic carbocycles. The second kappa shape index (κ2) is 5.22. The number of carboxylic acid groups (broad SMARTS) is 1. The van der Waals surface area contributed by atoms with Gasteiger partial charge in [0, 0.05) is 12.2 Å². The van der Waals surface area contributed by atoms with E-state index in [1.807, 2.05) is 0 Å². The molecule has 1 fully saturated rings. The monoisotopic (exact) mass is 332 g/mol. The molecule has 0 unspecified atom stereocenters.